The predicted octanol–water partition coefficient (Wildman–Crippen LogP) is 2.69. The van der Waals surface area contributed by atoms with E-state index in [4.69, 9.17) is 14.6 Å². The van der Waals surface area contributed by atoms with Gasteiger partial charge in [-0.25, -0.2) is 4.39 Å². The number of amides is 1. The van der Waals surface area contributed by atoms with Gasteiger partial charge in [0.05, 0.1) is 12.5 Å². The third kappa shape index (κ3) is 3.93. The van der Waals surface area contributed by atoms with E-state index in [2.05, 4.69) is 5.32 Å². The molecule has 0 radical (unpaired) electrons. The Morgan fingerprint density at radius 2 is 1.73 bits per heavy atom. The number of ether oxygens (including phenoxy) is 2. The summed E-state index contributed by atoms with van der Waals surface area (Å²) in [5.41, 5.74) is 0.493. The summed E-state index contributed by atoms with van der Waals surface area (Å²) in [5, 5.41) is 11.8. The highest BCUT2D eigenvalue weighted by Crippen LogP contribution is 2.33. The van der Waals surface area contributed by atoms with Crippen LogP contribution in [0.2, 0.25) is 0 Å². The number of rotatable bonds is 5. The van der Waals surface area contributed by atoms with E-state index in [0.717, 1.165) is 0 Å². The van der Waals surface area contributed by atoms with E-state index >= 15 is 0 Å². The minimum absolute atomic E-state index is 0.337. The molecule has 1 heterocycles. The van der Waals surface area contributed by atoms with Crippen LogP contribution in [0.25, 0.3) is 0 Å². The van der Waals surface area contributed by atoms with E-state index in [0.29, 0.717) is 17.1 Å². The smallest absolute Gasteiger partial charge is 0.305 e. The molecule has 3 rings (SSSR count). The zero-order chi connectivity index (χ0) is 18.7. The molecule has 2 aromatic carbocycles. The van der Waals surface area contributed by atoms with Crippen molar-refractivity contribution in [1.29, 1.82) is 0 Å². The second-order valence-electron chi connectivity index (χ2n) is 6.02. The van der Waals surface area contributed by atoms with E-state index < -0.39 is 35.9 Å². The number of benzene rings is 2. The highest BCUT2D eigenvalue weighted by molar-refractivity contribution is 5.83. The lowest BCUT2D eigenvalue weighted by Gasteiger charge is -2.32. The third-order valence-corrected chi connectivity index (χ3v) is 4.07. The fraction of sp³-hybridized carbons (Fsp3) is 0.263. The zero-order valence-corrected chi connectivity index (χ0v) is 14.0. The van der Waals surface area contributed by atoms with Gasteiger partial charge in [0.2, 0.25) is 6.10 Å². The Morgan fingerprint density at radius 3 is 2.35 bits per heavy atom. The fourth-order valence-electron chi connectivity index (χ4n) is 2.78. The number of carboxylic acid groups (broad SMARTS) is 1. The van der Waals surface area contributed by atoms with Gasteiger partial charge in [0.1, 0.15) is 11.9 Å². The molecule has 7 heteroatoms. The molecule has 136 valence electrons. The molecule has 3 unspecified atom stereocenters. The molecule has 1 aliphatic heterocycles. The van der Waals surface area contributed by atoms with Gasteiger partial charge in [-0.15, -0.1) is 0 Å². The van der Waals surface area contributed by atoms with Crippen LogP contribution in [0.1, 0.15) is 24.9 Å². The van der Waals surface area contributed by atoms with Crippen LogP contribution in [0.5, 0.6) is 11.5 Å². The van der Waals surface area contributed by atoms with E-state index in [1.165, 1.54) is 24.3 Å². The molecule has 2 aromatic rings. The molecule has 0 bridgehead atoms. The Balaban J connectivity index is 1.77. The second-order valence-corrected chi connectivity index (χ2v) is 6.02. The molecule has 0 aromatic heterocycles. The van der Waals surface area contributed by atoms with Crippen molar-refractivity contribution in [1.82, 2.24) is 5.32 Å². The Labute approximate surface area is 149 Å². The highest BCUT2D eigenvalue weighted by atomic mass is 19.1. The number of para-hydroxylation sites is 2. The van der Waals surface area contributed by atoms with Crippen LogP contribution in [0.4, 0.5) is 4.39 Å². The number of halogens is 1. The molecule has 6 nitrogen and oxygen atoms in total. The zero-order valence-electron chi connectivity index (χ0n) is 14.0. The number of carbonyl (C=O) groups is 2. The average molecular weight is 359 g/mol. The summed E-state index contributed by atoms with van der Waals surface area (Å²) in [6.07, 6.45) is -1.82. The van der Waals surface area contributed by atoms with Gasteiger partial charge in [0.15, 0.2) is 11.5 Å². The van der Waals surface area contributed by atoms with Gasteiger partial charge in [-0.1, -0.05) is 24.3 Å². The van der Waals surface area contributed by atoms with Crippen molar-refractivity contribution in [3.8, 4) is 11.5 Å². The fourth-order valence-corrected chi connectivity index (χ4v) is 2.78. The number of nitrogens with one attached hydrogen (secondary N) is 1. The van der Waals surface area contributed by atoms with E-state index in [-0.39, 0.29) is 6.42 Å². The maximum atomic E-state index is 13.1. The summed E-state index contributed by atoms with van der Waals surface area (Å²) in [4.78, 5) is 23.8. The number of hydrogen-bond donors (Lipinski definition) is 2. The van der Waals surface area contributed by atoms with E-state index in [1.807, 2.05) is 0 Å². The number of carbonyl (C=O) groups excluding carboxylic acids is 1. The number of fused-ring (bicyclic) bond motifs is 1. The molecule has 0 aliphatic carbocycles. The van der Waals surface area contributed by atoms with Crippen molar-refractivity contribution < 1.29 is 28.6 Å². The summed E-state index contributed by atoms with van der Waals surface area (Å²) in [6.45, 7) is 1.70. The first-order valence-electron chi connectivity index (χ1n) is 8.14. The minimum atomic E-state index is -1.08. The van der Waals surface area contributed by atoms with Crippen LogP contribution >= 0.6 is 0 Å². The molecule has 2 N–H and O–H groups in total. The van der Waals surface area contributed by atoms with Crippen LogP contribution in [-0.2, 0) is 9.59 Å². The van der Waals surface area contributed by atoms with Gasteiger partial charge < -0.3 is 19.9 Å². The quantitative estimate of drug-likeness (QED) is 0.857. The number of aliphatic carboxylic acids is 1. The van der Waals surface area contributed by atoms with E-state index in [9.17, 15) is 14.0 Å². The van der Waals surface area contributed by atoms with Crippen molar-refractivity contribution in [3.05, 3.63) is 59.9 Å². The van der Waals surface area contributed by atoms with Crippen LogP contribution in [0.15, 0.2) is 48.5 Å². The topological polar surface area (TPSA) is 84.9 Å². The summed E-state index contributed by atoms with van der Waals surface area (Å²) < 4.78 is 24.5. The van der Waals surface area contributed by atoms with Crippen molar-refractivity contribution in [2.75, 3.05) is 0 Å². The third-order valence-electron chi connectivity index (χ3n) is 4.07. The van der Waals surface area contributed by atoms with Gasteiger partial charge in [0, 0.05) is 0 Å². The van der Waals surface area contributed by atoms with Crippen molar-refractivity contribution in [3.63, 3.8) is 0 Å². The second kappa shape index (κ2) is 7.43. The molecule has 26 heavy (non-hydrogen) atoms. The van der Waals surface area contributed by atoms with Crippen molar-refractivity contribution >= 4 is 11.9 Å². The van der Waals surface area contributed by atoms with Crippen molar-refractivity contribution in [2.24, 2.45) is 0 Å². The molecule has 3 atom stereocenters. The minimum Gasteiger partial charge on any atom is -0.482 e. The van der Waals surface area contributed by atoms with Gasteiger partial charge in [-0.05, 0) is 36.8 Å². The Hall–Kier alpha value is -3.09. The van der Waals surface area contributed by atoms with Gasteiger partial charge in [-0.2, -0.15) is 0 Å². The summed E-state index contributed by atoms with van der Waals surface area (Å²) in [7, 11) is 0. The molecule has 1 amide bonds. The maximum Gasteiger partial charge on any atom is 0.305 e. The SMILES string of the molecule is CC1Oc2ccccc2OC1C(=O)NC(CC(=O)O)c1ccc(F)cc1. The molecule has 0 fully saturated rings. The predicted molar refractivity (Wildman–Crippen MR) is 90.5 cm³/mol. The summed E-state index contributed by atoms with van der Waals surface area (Å²) in [5.74, 6) is -1.03. The Kier molecular flexibility index (Phi) is 5.06. The number of hydrogen-bond acceptors (Lipinski definition) is 4. The van der Waals surface area contributed by atoms with Gasteiger partial charge in [0.25, 0.3) is 5.91 Å². The molecule has 0 saturated heterocycles. The van der Waals surface area contributed by atoms with Crippen LogP contribution < -0.4 is 14.8 Å². The standard InChI is InChI=1S/C19H18FNO5/c1-11-18(26-16-5-3-2-4-15(16)25-11)19(24)21-14(10-17(22)23)12-6-8-13(20)9-7-12/h2-9,11,14,18H,10H2,1H3,(H,21,24)(H,22,23). The highest BCUT2D eigenvalue weighted by Gasteiger charge is 2.35. The normalized spacial score (nSPS) is 19.5. The Morgan fingerprint density at radius 1 is 1.12 bits per heavy atom. The molecule has 0 spiro atoms. The van der Waals surface area contributed by atoms with Crippen LogP contribution in [0.3, 0.4) is 0 Å². The van der Waals surface area contributed by atoms with Gasteiger partial charge in [-0.3, -0.25) is 9.59 Å². The molecule has 0 saturated carbocycles. The maximum absolute atomic E-state index is 13.1. The molecule has 1 aliphatic rings. The lowest BCUT2D eigenvalue weighted by molar-refractivity contribution is -0.138. The van der Waals surface area contributed by atoms with Crippen LogP contribution in [0, 0.1) is 5.82 Å². The van der Waals surface area contributed by atoms with Crippen molar-refractivity contribution in [2.45, 2.75) is 31.6 Å². The first kappa shape index (κ1) is 17.7. The largest absolute Gasteiger partial charge is 0.482 e. The molecular weight excluding hydrogens is 341 g/mol. The first-order valence-corrected chi connectivity index (χ1v) is 8.14. The average Bonchev–Trinajstić information content (AvgIpc) is 2.60. The van der Waals surface area contributed by atoms with E-state index in [1.54, 1.807) is 31.2 Å². The lowest BCUT2D eigenvalue weighted by atomic mass is 10.0. The lowest BCUT2D eigenvalue weighted by Crippen LogP contribution is -2.50. The van der Waals surface area contributed by atoms with Crippen LogP contribution in [-0.4, -0.2) is 29.2 Å². The summed E-state index contributed by atoms with van der Waals surface area (Å²) >= 11 is 0. The molecular formula is C19H18FNO5. The number of carboxylic acids is 1. The monoisotopic (exact) mass is 359 g/mol. The first-order chi connectivity index (χ1) is 12.4. The van der Waals surface area contributed by atoms with Gasteiger partial charge >= 0.3 is 5.97 Å². The summed E-state index contributed by atoms with van der Waals surface area (Å²) in [6, 6.07) is 11.5. The Bertz CT molecular complexity index is 808.